The molecule has 1 aliphatic heterocycles. The van der Waals surface area contributed by atoms with E-state index in [-0.39, 0.29) is 11.1 Å². The number of hydrogen-bond donors (Lipinski definition) is 2. The summed E-state index contributed by atoms with van der Waals surface area (Å²) in [5, 5.41) is 15.1. The van der Waals surface area contributed by atoms with Gasteiger partial charge in [0.25, 0.3) is 0 Å². The maximum atomic E-state index is 11.4. The number of fused-ring (bicyclic) bond motifs is 1. The number of rotatable bonds is 5. The second kappa shape index (κ2) is 4.33. The molecule has 0 aromatic carbocycles. The average molecular weight is 296 g/mol. The van der Waals surface area contributed by atoms with E-state index in [9.17, 15) is 5.11 Å². The monoisotopic (exact) mass is 295 g/mol. The van der Waals surface area contributed by atoms with Crippen molar-refractivity contribution < 1.29 is 5.11 Å². The van der Waals surface area contributed by atoms with Crippen molar-refractivity contribution in [2.24, 2.45) is 5.92 Å². The SMILES string of the molecule is CC(C)[Si](C(C)C)(C(C)C)C1CC1(O)C12CC1CCN2. The van der Waals surface area contributed by atoms with Gasteiger partial charge in [0.15, 0.2) is 0 Å². The van der Waals surface area contributed by atoms with Crippen molar-refractivity contribution in [1.29, 1.82) is 0 Å². The molecule has 3 fully saturated rings. The molecular weight excluding hydrogens is 262 g/mol. The highest BCUT2D eigenvalue weighted by atomic mass is 28.3. The third-order valence-corrected chi connectivity index (χ3v) is 15.2. The van der Waals surface area contributed by atoms with Crippen LogP contribution in [-0.2, 0) is 0 Å². The van der Waals surface area contributed by atoms with E-state index in [1.54, 1.807) is 0 Å². The molecule has 1 heterocycles. The average Bonchev–Trinajstić information content (AvgIpc) is 3.17. The highest BCUT2D eigenvalue weighted by molar-refractivity contribution is 6.85. The molecule has 0 spiro atoms. The fourth-order valence-corrected chi connectivity index (χ4v) is 14.8. The molecule has 4 atom stereocenters. The first kappa shape index (κ1) is 15.0. The van der Waals surface area contributed by atoms with Crippen molar-refractivity contribution in [3.8, 4) is 0 Å². The Labute approximate surface area is 125 Å². The predicted octanol–water partition coefficient (Wildman–Crippen LogP) is 3.92. The van der Waals surface area contributed by atoms with Gasteiger partial charge in [0.2, 0.25) is 0 Å². The molecule has 2 N–H and O–H groups in total. The van der Waals surface area contributed by atoms with E-state index in [1.807, 2.05) is 0 Å². The second-order valence-corrected chi connectivity index (χ2v) is 14.9. The van der Waals surface area contributed by atoms with Crippen LogP contribution in [-0.4, -0.2) is 30.9 Å². The van der Waals surface area contributed by atoms with Crippen molar-refractivity contribution in [1.82, 2.24) is 5.32 Å². The van der Waals surface area contributed by atoms with Gasteiger partial charge in [-0.05, 0) is 37.3 Å². The normalized spacial score (nSPS) is 43.5. The molecular formula is C17H33NOSi. The van der Waals surface area contributed by atoms with Crippen LogP contribution in [0.4, 0.5) is 0 Å². The van der Waals surface area contributed by atoms with E-state index in [0.29, 0.717) is 5.54 Å². The summed E-state index contributed by atoms with van der Waals surface area (Å²) < 4.78 is 0. The van der Waals surface area contributed by atoms with Crippen LogP contribution in [0.15, 0.2) is 0 Å². The Hall–Kier alpha value is 0.137. The van der Waals surface area contributed by atoms with Crippen LogP contribution >= 0.6 is 0 Å². The maximum Gasteiger partial charge on any atom is 0.0838 e. The van der Waals surface area contributed by atoms with Crippen LogP contribution < -0.4 is 5.32 Å². The molecule has 2 saturated carbocycles. The number of hydrogen-bond acceptors (Lipinski definition) is 2. The summed E-state index contributed by atoms with van der Waals surface area (Å²) >= 11 is 0. The van der Waals surface area contributed by atoms with Crippen LogP contribution in [0.25, 0.3) is 0 Å². The predicted molar refractivity (Wildman–Crippen MR) is 87.8 cm³/mol. The summed E-state index contributed by atoms with van der Waals surface area (Å²) in [6.07, 6.45) is 3.60. The minimum Gasteiger partial charge on any atom is -0.388 e. The molecule has 2 nitrogen and oxygen atoms in total. The van der Waals surface area contributed by atoms with Gasteiger partial charge in [0.1, 0.15) is 0 Å². The molecule has 2 aliphatic carbocycles. The molecule has 0 aromatic heterocycles. The van der Waals surface area contributed by atoms with Gasteiger partial charge in [0.05, 0.1) is 19.2 Å². The van der Waals surface area contributed by atoms with Crippen molar-refractivity contribution in [2.75, 3.05) is 6.54 Å². The van der Waals surface area contributed by atoms with Crippen LogP contribution in [0.5, 0.6) is 0 Å². The minimum absolute atomic E-state index is 0.134. The molecule has 4 unspecified atom stereocenters. The number of piperidine rings is 1. The van der Waals surface area contributed by atoms with Crippen molar-refractivity contribution in [3.63, 3.8) is 0 Å². The standard InChI is InChI=1S/C17H33NOSi/c1-11(2)20(12(3)4,13(5)6)15-10-17(15,19)16-9-14(16)7-8-18-16/h11-15,18-19H,7-10H2,1-6H3. The Kier molecular flexibility index (Phi) is 3.26. The first-order valence-electron chi connectivity index (χ1n) is 8.71. The maximum absolute atomic E-state index is 11.4. The fourth-order valence-electron chi connectivity index (χ4n) is 6.59. The van der Waals surface area contributed by atoms with E-state index in [1.165, 1.54) is 12.8 Å². The van der Waals surface area contributed by atoms with Crippen LogP contribution in [0, 0.1) is 5.92 Å². The summed E-state index contributed by atoms with van der Waals surface area (Å²) in [7, 11) is -1.51. The van der Waals surface area contributed by atoms with Crippen molar-refractivity contribution in [3.05, 3.63) is 0 Å². The molecule has 20 heavy (non-hydrogen) atoms. The van der Waals surface area contributed by atoms with Crippen LogP contribution in [0.2, 0.25) is 22.2 Å². The highest BCUT2D eigenvalue weighted by Gasteiger charge is 2.80. The van der Waals surface area contributed by atoms with Gasteiger partial charge in [-0.2, -0.15) is 0 Å². The van der Waals surface area contributed by atoms with Gasteiger partial charge in [-0.1, -0.05) is 58.2 Å². The third kappa shape index (κ3) is 1.58. The molecule has 3 heteroatoms. The second-order valence-electron chi connectivity index (χ2n) is 8.73. The lowest BCUT2D eigenvalue weighted by Crippen LogP contribution is -2.52. The third-order valence-electron chi connectivity index (χ3n) is 7.35. The summed E-state index contributed by atoms with van der Waals surface area (Å²) in [6.45, 7) is 15.7. The smallest absolute Gasteiger partial charge is 0.0838 e. The summed E-state index contributed by atoms with van der Waals surface area (Å²) in [5.41, 5.74) is 2.67. The summed E-state index contributed by atoms with van der Waals surface area (Å²) in [5.74, 6) is 0.774. The Balaban J connectivity index is 1.92. The minimum atomic E-state index is -1.51. The molecule has 116 valence electrons. The van der Waals surface area contributed by atoms with Crippen molar-refractivity contribution in [2.45, 2.75) is 94.1 Å². The van der Waals surface area contributed by atoms with E-state index in [4.69, 9.17) is 0 Å². The van der Waals surface area contributed by atoms with Gasteiger partial charge in [0, 0.05) is 0 Å². The van der Waals surface area contributed by atoms with Gasteiger partial charge in [-0.3, -0.25) is 0 Å². The highest BCUT2D eigenvalue weighted by Crippen LogP contribution is 2.75. The lowest BCUT2D eigenvalue weighted by Gasteiger charge is -2.45. The zero-order chi connectivity index (χ0) is 14.9. The van der Waals surface area contributed by atoms with Gasteiger partial charge < -0.3 is 10.4 Å². The zero-order valence-electron chi connectivity index (χ0n) is 14.2. The quantitative estimate of drug-likeness (QED) is 0.753. The summed E-state index contributed by atoms with van der Waals surface area (Å²) in [4.78, 5) is 0. The van der Waals surface area contributed by atoms with E-state index in [2.05, 4.69) is 46.9 Å². The van der Waals surface area contributed by atoms with E-state index in [0.717, 1.165) is 35.5 Å². The molecule has 1 saturated heterocycles. The van der Waals surface area contributed by atoms with E-state index < -0.39 is 8.07 Å². The molecule has 0 aromatic rings. The van der Waals surface area contributed by atoms with Gasteiger partial charge in [-0.15, -0.1) is 0 Å². The lowest BCUT2D eigenvalue weighted by molar-refractivity contribution is 0.0912. The Morgan fingerprint density at radius 3 is 1.90 bits per heavy atom. The first-order chi connectivity index (χ1) is 9.23. The summed E-state index contributed by atoms with van der Waals surface area (Å²) in [6, 6.07) is 0. The molecule has 3 rings (SSSR count). The van der Waals surface area contributed by atoms with Crippen molar-refractivity contribution >= 4 is 8.07 Å². The van der Waals surface area contributed by atoms with Gasteiger partial charge in [-0.25, -0.2) is 0 Å². The largest absolute Gasteiger partial charge is 0.388 e. The van der Waals surface area contributed by atoms with Crippen LogP contribution in [0.1, 0.15) is 60.8 Å². The fraction of sp³-hybridized carbons (Fsp3) is 1.00. The Morgan fingerprint density at radius 2 is 1.55 bits per heavy atom. The zero-order valence-corrected chi connectivity index (χ0v) is 15.2. The molecule has 0 bridgehead atoms. The molecule has 3 aliphatic rings. The van der Waals surface area contributed by atoms with E-state index >= 15 is 0 Å². The Morgan fingerprint density at radius 1 is 1.00 bits per heavy atom. The van der Waals surface area contributed by atoms with Crippen LogP contribution in [0.3, 0.4) is 0 Å². The molecule has 0 radical (unpaired) electrons. The topological polar surface area (TPSA) is 32.3 Å². The number of nitrogens with one attached hydrogen (secondary N) is 1. The van der Waals surface area contributed by atoms with Gasteiger partial charge >= 0.3 is 0 Å². The first-order valence-corrected chi connectivity index (χ1v) is 11.0. The Bertz CT molecular complexity index is 386. The lowest BCUT2D eigenvalue weighted by atomic mass is 10.1. The number of aliphatic hydroxyl groups is 1. The molecule has 0 amide bonds.